The summed E-state index contributed by atoms with van der Waals surface area (Å²) in [5.41, 5.74) is 1.44. The average Bonchev–Trinajstić information content (AvgIpc) is 2.77. The minimum absolute atomic E-state index is 0.143. The first kappa shape index (κ1) is 12.6. The molecule has 94 valence electrons. The lowest BCUT2D eigenvalue weighted by atomic mass is 9.98. The molecule has 1 aromatic heterocycles. The van der Waals surface area contributed by atoms with Gasteiger partial charge in [0.15, 0.2) is 0 Å². The van der Waals surface area contributed by atoms with Gasteiger partial charge in [-0.2, -0.15) is 0 Å². The number of amides is 1. The van der Waals surface area contributed by atoms with E-state index in [1.165, 1.54) is 10.4 Å². The molecule has 1 aliphatic rings. The Balaban J connectivity index is 2.07. The van der Waals surface area contributed by atoms with Gasteiger partial charge in [0.25, 0.3) is 0 Å². The van der Waals surface area contributed by atoms with E-state index in [1.54, 1.807) is 0 Å². The molecule has 2 rings (SSSR count). The number of thiophene rings is 1. The van der Waals surface area contributed by atoms with Crippen LogP contribution in [0.15, 0.2) is 11.4 Å². The topological polar surface area (TPSA) is 32.3 Å². The van der Waals surface area contributed by atoms with Gasteiger partial charge in [0.2, 0.25) is 5.91 Å². The van der Waals surface area contributed by atoms with E-state index >= 15 is 0 Å². The van der Waals surface area contributed by atoms with Crippen LogP contribution in [-0.2, 0) is 11.2 Å². The Morgan fingerprint density at radius 3 is 3.12 bits per heavy atom. The molecule has 0 aromatic carbocycles. The number of likely N-dealkylation sites (N-methyl/N-ethyl adjacent to an activating group) is 1. The van der Waals surface area contributed by atoms with Crippen molar-refractivity contribution in [1.29, 1.82) is 0 Å². The van der Waals surface area contributed by atoms with Crippen LogP contribution < -0.4 is 5.32 Å². The molecular weight excluding hydrogens is 232 g/mol. The number of nitrogens with zero attached hydrogens (tertiary/aromatic N) is 1. The van der Waals surface area contributed by atoms with Crippen LogP contribution in [0.4, 0.5) is 0 Å². The number of rotatable bonds is 4. The zero-order valence-corrected chi connectivity index (χ0v) is 11.3. The summed E-state index contributed by atoms with van der Waals surface area (Å²) in [5.74, 6) is 0.143. The Kier molecular flexibility index (Phi) is 4.18. The van der Waals surface area contributed by atoms with Crippen LogP contribution in [0.5, 0.6) is 0 Å². The van der Waals surface area contributed by atoms with E-state index < -0.39 is 0 Å². The number of hydrogen-bond donors (Lipinski definition) is 1. The SMILES string of the molecule is CCNC(=O)CN1CCc2sccc2[C@@H]1CC. The second-order valence-corrected chi connectivity index (χ2v) is 5.40. The maximum absolute atomic E-state index is 11.7. The molecule has 0 unspecified atom stereocenters. The van der Waals surface area contributed by atoms with Gasteiger partial charge in [-0.25, -0.2) is 0 Å². The molecule has 0 radical (unpaired) electrons. The van der Waals surface area contributed by atoms with Crippen molar-refractivity contribution >= 4 is 17.2 Å². The molecule has 0 saturated carbocycles. The fourth-order valence-corrected chi connectivity index (χ4v) is 3.48. The van der Waals surface area contributed by atoms with Crippen molar-refractivity contribution in [3.63, 3.8) is 0 Å². The first-order valence-electron chi connectivity index (χ1n) is 6.33. The average molecular weight is 252 g/mol. The largest absolute Gasteiger partial charge is 0.355 e. The minimum atomic E-state index is 0.143. The molecule has 0 fully saturated rings. The first-order valence-corrected chi connectivity index (χ1v) is 7.21. The van der Waals surface area contributed by atoms with Gasteiger partial charge in [0.1, 0.15) is 0 Å². The maximum Gasteiger partial charge on any atom is 0.234 e. The van der Waals surface area contributed by atoms with Gasteiger partial charge in [-0.15, -0.1) is 11.3 Å². The standard InChI is InChI=1S/C13H20N2OS/c1-3-11-10-6-8-17-12(10)5-7-15(11)9-13(16)14-4-2/h6,8,11H,3-5,7,9H2,1-2H3,(H,14,16)/t11-/m0/s1. The molecule has 0 aliphatic carbocycles. The summed E-state index contributed by atoms with van der Waals surface area (Å²) in [6.07, 6.45) is 2.16. The zero-order chi connectivity index (χ0) is 12.3. The van der Waals surface area contributed by atoms with E-state index in [0.717, 1.165) is 19.4 Å². The van der Waals surface area contributed by atoms with Gasteiger partial charge in [-0.1, -0.05) is 6.92 Å². The van der Waals surface area contributed by atoms with Crippen molar-refractivity contribution in [1.82, 2.24) is 10.2 Å². The lowest BCUT2D eigenvalue weighted by Gasteiger charge is -2.34. The van der Waals surface area contributed by atoms with Crippen molar-refractivity contribution in [3.05, 3.63) is 21.9 Å². The highest BCUT2D eigenvalue weighted by molar-refractivity contribution is 7.10. The predicted molar refractivity (Wildman–Crippen MR) is 71.3 cm³/mol. The Labute approximate surface area is 107 Å². The summed E-state index contributed by atoms with van der Waals surface area (Å²) in [5, 5.41) is 5.05. The van der Waals surface area contributed by atoms with Gasteiger partial charge in [-0.05, 0) is 36.8 Å². The molecule has 1 aromatic rings. The molecule has 0 saturated heterocycles. The Bertz CT molecular complexity index is 389. The van der Waals surface area contributed by atoms with Crippen LogP contribution in [0, 0.1) is 0 Å². The molecule has 0 spiro atoms. The molecule has 0 bridgehead atoms. The predicted octanol–water partition coefficient (Wildman–Crippen LogP) is 2.19. The maximum atomic E-state index is 11.7. The molecule has 1 N–H and O–H groups in total. The molecule has 3 nitrogen and oxygen atoms in total. The zero-order valence-electron chi connectivity index (χ0n) is 10.5. The fraction of sp³-hybridized carbons (Fsp3) is 0.615. The number of nitrogens with one attached hydrogen (secondary N) is 1. The molecule has 4 heteroatoms. The normalized spacial score (nSPS) is 20.0. The van der Waals surface area contributed by atoms with Crippen molar-refractivity contribution in [2.75, 3.05) is 19.6 Å². The summed E-state index contributed by atoms with van der Waals surface area (Å²) in [7, 11) is 0. The summed E-state index contributed by atoms with van der Waals surface area (Å²) in [6.45, 7) is 6.41. The Hall–Kier alpha value is -0.870. The summed E-state index contributed by atoms with van der Waals surface area (Å²) >= 11 is 1.85. The highest BCUT2D eigenvalue weighted by Gasteiger charge is 2.27. The summed E-state index contributed by atoms with van der Waals surface area (Å²) < 4.78 is 0. The number of carbonyl (C=O) groups excluding carboxylic acids is 1. The van der Waals surface area contributed by atoms with Crippen LogP contribution in [0.2, 0.25) is 0 Å². The van der Waals surface area contributed by atoms with Gasteiger partial charge in [0.05, 0.1) is 6.54 Å². The van der Waals surface area contributed by atoms with Crippen molar-refractivity contribution in [2.45, 2.75) is 32.7 Å². The third-order valence-corrected chi connectivity index (χ3v) is 4.31. The van der Waals surface area contributed by atoms with E-state index in [2.05, 4.69) is 28.6 Å². The lowest BCUT2D eigenvalue weighted by molar-refractivity contribution is -0.122. The van der Waals surface area contributed by atoms with Crippen LogP contribution in [0.25, 0.3) is 0 Å². The van der Waals surface area contributed by atoms with Gasteiger partial charge < -0.3 is 5.32 Å². The highest BCUT2D eigenvalue weighted by Crippen LogP contribution is 2.34. The third kappa shape index (κ3) is 2.69. The first-order chi connectivity index (χ1) is 8.26. The van der Waals surface area contributed by atoms with E-state index in [0.29, 0.717) is 19.1 Å². The monoisotopic (exact) mass is 252 g/mol. The molecule has 17 heavy (non-hydrogen) atoms. The number of carbonyl (C=O) groups is 1. The summed E-state index contributed by atoms with van der Waals surface area (Å²) in [4.78, 5) is 15.5. The van der Waals surface area contributed by atoms with Crippen LogP contribution in [-0.4, -0.2) is 30.4 Å². The van der Waals surface area contributed by atoms with Crippen LogP contribution >= 0.6 is 11.3 Å². The van der Waals surface area contributed by atoms with E-state index in [-0.39, 0.29) is 5.91 Å². The van der Waals surface area contributed by atoms with Crippen molar-refractivity contribution < 1.29 is 4.79 Å². The van der Waals surface area contributed by atoms with Crippen LogP contribution in [0.3, 0.4) is 0 Å². The smallest absolute Gasteiger partial charge is 0.234 e. The van der Waals surface area contributed by atoms with Gasteiger partial charge >= 0.3 is 0 Å². The molecule has 1 amide bonds. The van der Waals surface area contributed by atoms with Crippen molar-refractivity contribution in [3.8, 4) is 0 Å². The minimum Gasteiger partial charge on any atom is -0.355 e. The molecular formula is C13H20N2OS. The highest BCUT2D eigenvalue weighted by atomic mass is 32.1. The Morgan fingerprint density at radius 1 is 1.59 bits per heavy atom. The van der Waals surface area contributed by atoms with E-state index in [1.807, 2.05) is 18.3 Å². The molecule has 1 atom stereocenters. The van der Waals surface area contributed by atoms with E-state index in [9.17, 15) is 4.79 Å². The van der Waals surface area contributed by atoms with E-state index in [4.69, 9.17) is 0 Å². The summed E-state index contributed by atoms with van der Waals surface area (Å²) in [6, 6.07) is 2.64. The van der Waals surface area contributed by atoms with Crippen LogP contribution in [0.1, 0.15) is 36.8 Å². The number of hydrogen-bond acceptors (Lipinski definition) is 3. The second kappa shape index (κ2) is 5.65. The quantitative estimate of drug-likeness (QED) is 0.891. The lowest BCUT2D eigenvalue weighted by Crippen LogP contribution is -2.42. The molecule has 2 heterocycles. The third-order valence-electron chi connectivity index (χ3n) is 3.31. The fourth-order valence-electron chi connectivity index (χ4n) is 2.55. The molecule has 1 aliphatic heterocycles. The second-order valence-electron chi connectivity index (χ2n) is 4.40. The number of fused-ring (bicyclic) bond motifs is 1. The van der Waals surface area contributed by atoms with Crippen molar-refractivity contribution in [2.24, 2.45) is 0 Å². The van der Waals surface area contributed by atoms with Gasteiger partial charge in [-0.3, -0.25) is 9.69 Å². The van der Waals surface area contributed by atoms with Gasteiger partial charge in [0, 0.05) is 24.0 Å². The Morgan fingerprint density at radius 2 is 2.41 bits per heavy atom.